The van der Waals surface area contributed by atoms with Crippen LogP contribution >= 0.6 is 11.6 Å². The Morgan fingerprint density at radius 1 is 1.16 bits per heavy atom. The number of halogens is 1. The Morgan fingerprint density at radius 3 is 2.26 bits per heavy atom. The van der Waals surface area contributed by atoms with Crippen molar-refractivity contribution in [2.24, 2.45) is 0 Å². The fourth-order valence-electron chi connectivity index (χ4n) is 2.08. The van der Waals surface area contributed by atoms with Gasteiger partial charge in [-0.3, -0.25) is 4.79 Å². The number of carbonyl (C=O) groups is 1. The highest BCUT2D eigenvalue weighted by molar-refractivity contribution is 6.33. The maximum absolute atomic E-state index is 11.4. The Bertz CT molecular complexity index is 693. The highest BCUT2D eigenvalue weighted by Crippen LogP contribution is 2.21. The van der Waals surface area contributed by atoms with Crippen molar-refractivity contribution in [3.63, 3.8) is 0 Å². The summed E-state index contributed by atoms with van der Waals surface area (Å²) in [6.07, 6.45) is 0. The average molecular weight is 278 g/mol. The number of benzene rings is 1. The van der Waals surface area contributed by atoms with Crippen LogP contribution in [0.15, 0.2) is 35.1 Å². The fraction of sp³-hybridized carbons (Fsp3) is 0.143. The Hall–Kier alpha value is -2.07. The highest BCUT2D eigenvalue weighted by atomic mass is 35.5. The molecular weight excluding hydrogens is 266 g/mol. The summed E-state index contributed by atoms with van der Waals surface area (Å²) in [6.45, 7) is 3.59. The number of rotatable bonds is 2. The van der Waals surface area contributed by atoms with Gasteiger partial charge in [-0.15, -0.1) is 0 Å². The quantitative estimate of drug-likeness (QED) is 0.918. The van der Waals surface area contributed by atoms with E-state index in [0.717, 1.165) is 11.4 Å². The lowest BCUT2D eigenvalue weighted by Gasteiger charge is -2.15. The zero-order chi connectivity index (χ0) is 14.2. The van der Waals surface area contributed by atoms with Gasteiger partial charge in [-0.05, 0) is 32.0 Å². The molecule has 0 radical (unpaired) electrons. The Kier molecular flexibility index (Phi) is 3.44. The van der Waals surface area contributed by atoms with Crippen molar-refractivity contribution >= 4 is 17.6 Å². The summed E-state index contributed by atoms with van der Waals surface area (Å²) in [5.74, 6) is -1.08. The summed E-state index contributed by atoms with van der Waals surface area (Å²) in [4.78, 5) is 22.5. The van der Waals surface area contributed by atoms with Crippen molar-refractivity contribution < 1.29 is 9.90 Å². The third-order valence-electron chi connectivity index (χ3n) is 2.85. The normalized spacial score (nSPS) is 10.5. The van der Waals surface area contributed by atoms with Gasteiger partial charge in [0.25, 0.3) is 0 Å². The molecule has 0 fully saturated rings. The van der Waals surface area contributed by atoms with E-state index >= 15 is 0 Å². The van der Waals surface area contributed by atoms with E-state index in [2.05, 4.69) is 0 Å². The second-order valence-corrected chi connectivity index (χ2v) is 4.69. The molecule has 0 aliphatic carbocycles. The minimum absolute atomic E-state index is 0.0386. The van der Waals surface area contributed by atoms with E-state index in [1.165, 1.54) is 24.3 Å². The van der Waals surface area contributed by atoms with Gasteiger partial charge in [0.15, 0.2) is 5.43 Å². The number of pyridine rings is 1. The van der Waals surface area contributed by atoms with Crippen LogP contribution in [0.3, 0.4) is 0 Å². The molecule has 19 heavy (non-hydrogen) atoms. The molecule has 0 saturated carbocycles. The van der Waals surface area contributed by atoms with Crippen LogP contribution in [0.4, 0.5) is 0 Å². The number of hydrogen-bond acceptors (Lipinski definition) is 2. The molecule has 0 amide bonds. The van der Waals surface area contributed by atoms with E-state index in [4.69, 9.17) is 16.7 Å². The topological polar surface area (TPSA) is 59.3 Å². The molecule has 0 bridgehead atoms. The Labute approximate surface area is 114 Å². The van der Waals surface area contributed by atoms with Gasteiger partial charge in [-0.25, -0.2) is 4.79 Å². The minimum atomic E-state index is -1.08. The van der Waals surface area contributed by atoms with Gasteiger partial charge in [-0.2, -0.15) is 0 Å². The first-order chi connectivity index (χ1) is 8.90. The molecule has 1 aromatic heterocycles. The number of carboxylic acid groups (broad SMARTS) is 1. The second-order valence-electron chi connectivity index (χ2n) is 4.28. The van der Waals surface area contributed by atoms with Gasteiger partial charge in [0.1, 0.15) is 0 Å². The third-order valence-corrected chi connectivity index (χ3v) is 3.18. The summed E-state index contributed by atoms with van der Waals surface area (Å²) >= 11 is 5.84. The Morgan fingerprint density at radius 2 is 1.74 bits per heavy atom. The lowest BCUT2D eigenvalue weighted by atomic mass is 10.1. The standard InChI is InChI=1S/C14H12ClNO3/c1-8-5-11(17)6-9(2)16(8)10-3-4-13(15)12(7-10)14(18)19/h3-7H,1-2H3,(H,18,19). The third kappa shape index (κ3) is 2.53. The van der Waals surface area contributed by atoms with Crippen molar-refractivity contribution in [1.82, 2.24) is 4.57 Å². The molecule has 1 aromatic carbocycles. The molecule has 2 rings (SSSR count). The van der Waals surface area contributed by atoms with Crippen molar-refractivity contribution in [3.05, 3.63) is 62.5 Å². The molecule has 0 unspecified atom stereocenters. The van der Waals surface area contributed by atoms with Crippen LogP contribution in [0.5, 0.6) is 0 Å². The fourth-order valence-corrected chi connectivity index (χ4v) is 2.28. The molecule has 2 aromatic rings. The van der Waals surface area contributed by atoms with Gasteiger partial charge < -0.3 is 9.67 Å². The summed E-state index contributed by atoms with van der Waals surface area (Å²) in [6, 6.07) is 7.76. The van der Waals surface area contributed by atoms with E-state index in [1.54, 1.807) is 19.9 Å². The van der Waals surface area contributed by atoms with Crippen LogP contribution in [0.25, 0.3) is 5.69 Å². The first-order valence-electron chi connectivity index (χ1n) is 5.63. The van der Waals surface area contributed by atoms with E-state index in [0.29, 0.717) is 5.69 Å². The van der Waals surface area contributed by atoms with Gasteiger partial charge in [0.05, 0.1) is 10.6 Å². The molecule has 0 saturated heterocycles. The lowest BCUT2D eigenvalue weighted by molar-refractivity contribution is 0.0697. The molecule has 1 heterocycles. The van der Waals surface area contributed by atoms with Gasteiger partial charge >= 0.3 is 5.97 Å². The van der Waals surface area contributed by atoms with E-state index in [-0.39, 0.29) is 16.0 Å². The Balaban J connectivity index is 2.70. The monoisotopic (exact) mass is 277 g/mol. The number of hydrogen-bond donors (Lipinski definition) is 1. The number of carboxylic acids is 1. The maximum Gasteiger partial charge on any atom is 0.337 e. The van der Waals surface area contributed by atoms with Gasteiger partial charge in [-0.1, -0.05) is 11.6 Å². The van der Waals surface area contributed by atoms with Gasteiger partial charge in [0.2, 0.25) is 0 Å². The zero-order valence-electron chi connectivity index (χ0n) is 10.5. The summed E-state index contributed by atoms with van der Waals surface area (Å²) in [5.41, 5.74) is 2.11. The van der Waals surface area contributed by atoms with Crippen LogP contribution in [0.1, 0.15) is 21.7 Å². The summed E-state index contributed by atoms with van der Waals surface area (Å²) in [7, 11) is 0. The van der Waals surface area contributed by atoms with E-state index < -0.39 is 5.97 Å². The molecular formula is C14H12ClNO3. The molecule has 4 nitrogen and oxygen atoms in total. The molecule has 5 heteroatoms. The maximum atomic E-state index is 11.4. The molecule has 0 aliphatic heterocycles. The zero-order valence-corrected chi connectivity index (χ0v) is 11.2. The summed E-state index contributed by atoms with van der Waals surface area (Å²) in [5, 5.41) is 9.26. The highest BCUT2D eigenvalue weighted by Gasteiger charge is 2.11. The molecule has 0 aliphatic rings. The lowest BCUT2D eigenvalue weighted by Crippen LogP contribution is -2.12. The predicted octanol–water partition coefficient (Wildman–Crippen LogP) is 2.81. The number of nitrogens with zero attached hydrogens (tertiary/aromatic N) is 1. The molecule has 0 spiro atoms. The van der Waals surface area contributed by atoms with Gasteiger partial charge in [0, 0.05) is 29.2 Å². The van der Waals surface area contributed by atoms with Crippen LogP contribution in [0, 0.1) is 13.8 Å². The smallest absolute Gasteiger partial charge is 0.337 e. The van der Waals surface area contributed by atoms with Crippen molar-refractivity contribution in [2.75, 3.05) is 0 Å². The van der Waals surface area contributed by atoms with Crippen LogP contribution in [-0.2, 0) is 0 Å². The number of aromatic nitrogens is 1. The molecule has 1 N–H and O–H groups in total. The number of aryl methyl sites for hydroxylation is 2. The average Bonchev–Trinajstić information content (AvgIpc) is 2.29. The number of aromatic carboxylic acids is 1. The van der Waals surface area contributed by atoms with Crippen LogP contribution in [0.2, 0.25) is 5.02 Å². The minimum Gasteiger partial charge on any atom is -0.478 e. The van der Waals surface area contributed by atoms with Crippen molar-refractivity contribution in [3.8, 4) is 5.69 Å². The second kappa shape index (κ2) is 4.90. The predicted molar refractivity (Wildman–Crippen MR) is 73.5 cm³/mol. The largest absolute Gasteiger partial charge is 0.478 e. The van der Waals surface area contributed by atoms with E-state index in [9.17, 15) is 9.59 Å². The first kappa shape index (κ1) is 13.4. The van der Waals surface area contributed by atoms with Crippen molar-refractivity contribution in [1.29, 1.82) is 0 Å². The first-order valence-corrected chi connectivity index (χ1v) is 6.01. The molecule has 98 valence electrons. The summed E-state index contributed by atoms with van der Waals surface area (Å²) < 4.78 is 1.81. The van der Waals surface area contributed by atoms with Crippen LogP contribution in [-0.4, -0.2) is 15.6 Å². The SMILES string of the molecule is Cc1cc(=O)cc(C)n1-c1ccc(Cl)c(C(=O)O)c1. The molecule has 0 atom stereocenters. The van der Waals surface area contributed by atoms with E-state index in [1.807, 2.05) is 4.57 Å². The van der Waals surface area contributed by atoms with Crippen LogP contribution < -0.4 is 5.43 Å². The van der Waals surface area contributed by atoms with Crippen molar-refractivity contribution in [2.45, 2.75) is 13.8 Å².